The minimum absolute atomic E-state index is 0.694. The monoisotopic (exact) mass is 728 g/mol. The molecule has 5 aromatic heterocycles. The molecule has 270 valence electrons. The highest BCUT2D eigenvalue weighted by Crippen LogP contribution is 2.33. The van der Waals surface area contributed by atoms with Crippen molar-refractivity contribution >= 4 is 39.2 Å². The number of hydrogen-bond donors (Lipinski definition) is 0. The molecule has 7 aromatic rings. The Morgan fingerprint density at radius 2 is 0.926 bits per heavy atom. The fraction of sp³-hybridized carbons (Fsp3) is 0.244. The van der Waals surface area contributed by atoms with Gasteiger partial charge >= 0.3 is 0 Å². The zero-order chi connectivity index (χ0) is 36.8. The van der Waals surface area contributed by atoms with Gasteiger partial charge in [0, 0.05) is 81.4 Å². The lowest BCUT2D eigenvalue weighted by atomic mass is 9.94. The van der Waals surface area contributed by atoms with Gasteiger partial charge < -0.3 is 0 Å². The van der Waals surface area contributed by atoms with E-state index < -0.39 is 0 Å². The number of pyridine rings is 5. The number of aryl methyl sites for hydroxylation is 1. The van der Waals surface area contributed by atoms with Crippen molar-refractivity contribution in [3.8, 4) is 0 Å². The highest BCUT2D eigenvalue weighted by molar-refractivity contribution is 7.78. The van der Waals surface area contributed by atoms with Gasteiger partial charge in [-0.2, -0.15) is 0 Å². The van der Waals surface area contributed by atoms with Gasteiger partial charge in [0.25, 0.3) is 0 Å². The van der Waals surface area contributed by atoms with E-state index in [1.807, 2.05) is 73.3 Å². The van der Waals surface area contributed by atoms with Gasteiger partial charge in [-0.15, -0.1) is 0 Å². The number of aliphatic imine (C=N–C) groups is 1. The normalized spacial score (nSPS) is 11.4. The van der Waals surface area contributed by atoms with E-state index in [4.69, 9.17) is 17.2 Å². The first-order chi connectivity index (χ1) is 26.7. The van der Waals surface area contributed by atoms with E-state index in [-0.39, 0.29) is 0 Å². The number of rotatable bonds is 18. The predicted molar refractivity (Wildman–Crippen MR) is 220 cm³/mol. The van der Waals surface area contributed by atoms with Crippen LogP contribution in [0.15, 0.2) is 139 Å². The van der Waals surface area contributed by atoms with E-state index in [1.54, 1.807) is 0 Å². The highest BCUT2D eigenvalue weighted by Gasteiger charge is 2.19. The number of hydrogen-bond acceptors (Lipinski definition) is 9. The van der Waals surface area contributed by atoms with E-state index in [1.165, 1.54) is 27.5 Å². The van der Waals surface area contributed by atoms with E-state index in [0.717, 1.165) is 66.0 Å². The first kappa shape index (κ1) is 36.8. The Morgan fingerprint density at radius 3 is 1.31 bits per heavy atom. The molecule has 0 N–H and O–H groups in total. The molecule has 8 nitrogen and oxygen atoms in total. The summed E-state index contributed by atoms with van der Waals surface area (Å²) in [7, 11) is 0. The van der Waals surface area contributed by atoms with Crippen LogP contribution in [-0.2, 0) is 45.7 Å². The average Bonchev–Trinajstić information content (AvgIpc) is 3.21. The molecule has 0 spiro atoms. The fourth-order valence-electron chi connectivity index (χ4n) is 7.13. The zero-order valence-electron chi connectivity index (χ0n) is 30.5. The summed E-state index contributed by atoms with van der Waals surface area (Å²) in [5.41, 5.74) is 9.90. The fourth-order valence-corrected chi connectivity index (χ4v) is 7.22. The Balaban J connectivity index is 1.29. The second-order valence-corrected chi connectivity index (χ2v) is 13.8. The van der Waals surface area contributed by atoms with E-state index in [2.05, 4.69) is 101 Å². The average molecular weight is 729 g/mol. The molecular weight excluding hydrogens is 685 g/mol. The molecule has 0 bridgehead atoms. The number of nitrogens with zero attached hydrogens (tertiary/aromatic N) is 8. The predicted octanol–water partition coefficient (Wildman–Crippen LogP) is 9.19. The molecule has 7 rings (SSSR count). The Labute approximate surface area is 322 Å². The van der Waals surface area contributed by atoms with Crippen LogP contribution in [0.2, 0.25) is 0 Å². The van der Waals surface area contributed by atoms with Crippen LogP contribution in [0.25, 0.3) is 21.8 Å². The molecule has 0 fully saturated rings. The minimum atomic E-state index is 0.694. The number of para-hydroxylation sites is 2. The Morgan fingerprint density at radius 1 is 0.481 bits per heavy atom. The van der Waals surface area contributed by atoms with Crippen LogP contribution in [0.1, 0.15) is 58.7 Å². The van der Waals surface area contributed by atoms with Crippen molar-refractivity contribution < 1.29 is 0 Å². The molecule has 2 aromatic carbocycles. The number of thiocarbonyl (C=S) groups is 1. The molecule has 0 radical (unpaired) electrons. The number of benzene rings is 2. The molecule has 0 aliphatic heterocycles. The lowest BCUT2D eigenvalue weighted by Crippen LogP contribution is -2.24. The largest absolute Gasteiger partial charge is 0.287 e. The van der Waals surface area contributed by atoms with Crippen LogP contribution in [0, 0.1) is 0 Å². The number of isothiocyanates is 1. The van der Waals surface area contributed by atoms with Crippen molar-refractivity contribution in [1.29, 1.82) is 0 Å². The van der Waals surface area contributed by atoms with Crippen molar-refractivity contribution in [3.63, 3.8) is 0 Å². The Kier molecular flexibility index (Phi) is 12.9. The summed E-state index contributed by atoms with van der Waals surface area (Å²) in [6, 6.07) is 37.7. The molecule has 0 unspecified atom stereocenters. The molecule has 5 heterocycles. The molecule has 54 heavy (non-hydrogen) atoms. The Bertz CT molecular complexity index is 2050. The molecule has 0 aliphatic rings. The van der Waals surface area contributed by atoms with Crippen molar-refractivity contribution in [2.75, 3.05) is 6.54 Å². The maximum absolute atomic E-state index is 5.59. The van der Waals surface area contributed by atoms with Gasteiger partial charge in [-0.1, -0.05) is 67.1 Å². The molecule has 9 heteroatoms. The zero-order valence-corrected chi connectivity index (χ0v) is 31.3. The third kappa shape index (κ3) is 9.89. The van der Waals surface area contributed by atoms with Crippen molar-refractivity contribution in [1.82, 2.24) is 34.7 Å². The Hall–Kier alpha value is -5.57. The second kappa shape index (κ2) is 19.0. The molecule has 0 amide bonds. The molecule has 0 atom stereocenters. The number of unbranched alkanes of at least 4 members (excludes halogenated alkanes) is 2. The quantitative estimate of drug-likeness (QED) is 0.0375. The van der Waals surface area contributed by atoms with Crippen LogP contribution < -0.4 is 0 Å². The first-order valence-electron chi connectivity index (χ1n) is 18.6. The van der Waals surface area contributed by atoms with Crippen LogP contribution in [0.3, 0.4) is 0 Å². The number of fused-ring (bicyclic) bond motifs is 2. The van der Waals surface area contributed by atoms with Crippen LogP contribution in [0.5, 0.6) is 0 Å². The molecule has 0 saturated carbocycles. The maximum Gasteiger partial charge on any atom is 0.0757 e. The summed E-state index contributed by atoms with van der Waals surface area (Å²) in [6.07, 6.45) is 11.5. The topological polar surface area (TPSA) is 83.3 Å². The van der Waals surface area contributed by atoms with Gasteiger partial charge in [0.1, 0.15) is 0 Å². The van der Waals surface area contributed by atoms with Gasteiger partial charge in [0.05, 0.1) is 39.0 Å². The SMILES string of the molecule is S=C=NCCCCCc1c2cccc(CN(Cc3ccccn3)Cc3ccccn3)c2nc2c(CN(Cc3ccccn3)Cc3ccccn3)cccc12. The lowest BCUT2D eigenvalue weighted by Gasteiger charge is -2.24. The standard InChI is InChI=1S/C45H44N8S/c54-34-46-23-7-1-2-20-41-42-21-12-14-35(28-52(30-37-16-3-8-24-47-37)31-38-17-4-9-25-48-38)44(42)51-45-36(15-13-22-43(41)45)29-53(32-39-18-5-10-26-49-39)33-40-19-6-11-27-50-40/h3-6,8-19,21-22,24-27H,1-2,7,20,23,28-33H2. The van der Waals surface area contributed by atoms with Gasteiger partial charge in [0.2, 0.25) is 0 Å². The third-order valence-corrected chi connectivity index (χ3v) is 9.74. The first-order valence-corrected chi connectivity index (χ1v) is 19.0. The van der Waals surface area contributed by atoms with Gasteiger partial charge in [-0.3, -0.25) is 29.7 Å². The highest BCUT2D eigenvalue weighted by atomic mass is 32.1. The van der Waals surface area contributed by atoms with Crippen molar-refractivity contribution in [2.45, 2.75) is 65.0 Å². The molecular formula is C45H44N8S. The summed E-state index contributed by atoms with van der Waals surface area (Å²) in [6.45, 7) is 4.90. The lowest BCUT2D eigenvalue weighted by molar-refractivity contribution is 0.242. The summed E-state index contributed by atoms with van der Waals surface area (Å²) in [5.74, 6) is 0. The van der Waals surface area contributed by atoms with Crippen molar-refractivity contribution in [3.05, 3.63) is 173 Å². The molecule has 0 saturated heterocycles. The minimum Gasteiger partial charge on any atom is -0.287 e. The van der Waals surface area contributed by atoms with Crippen LogP contribution >= 0.6 is 12.2 Å². The van der Waals surface area contributed by atoms with Gasteiger partial charge in [0.15, 0.2) is 0 Å². The summed E-state index contributed by atoms with van der Waals surface area (Å²) in [4.78, 5) is 33.2. The third-order valence-electron chi connectivity index (χ3n) is 9.61. The van der Waals surface area contributed by atoms with Gasteiger partial charge in [-0.05, 0) is 96.7 Å². The summed E-state index contributed by atoms with van der Waals surface area (Å²) in [5, 5.41) is 4.93. The van der Waals surface area contributed by atoms with Crippen LogP contribution in [-0.4, -0.2) is 46.4 Å². The van der Waals surface area contributed by atoms with Crippen LogP contribution in [0.4, 0.5) is 0 Å². The smallest absolute Gasteiger partial charge is 0.0757 e. The van der Waals surface area contributed by atoms with E-state index >= 15 is 0 Å². The maximum atomic E-state index is 5.59. The second-order valence-electron chi connectivity index (χ2n) is 13.6. The van der Waals surface area contributed by atoms with Gasteiger partial charge in [-0.25, -0.2) is 9.98 Å². The number of aromatic nitrogens is 5. The van der Waals surface area contributed by atoms with E-state index in [0.29, 0.717) is 39.3 Å². The van der Waals surface area contributed by atoms with Crippen molar-refractivity contribution in [2.24, 2.45) is 4.99 Å². The summed E-state index contributed by atoms with van der Waals surface area (Å²) < 4.78 is 0. The summed E-state index contributed by atoms with van der Waals surface area (Å²) >= 11 is 4.80. The van der Waals surface area contributed by atoms with E-state index in [9.17, 15) is 0 Å². The molecule has 0 aliphatic carbocycles.